The highest BCUT2D eigenvalue weighted by Gasteiger charge is 2.38. The minimum Gasteiger partial charge on any atom is -0.463 e. The van der Waals surface area contributed by atoms with Gasteiger partial charge in [-0.1, -0.05) is 29.8 Å². The number of rotatable bonds is 6. The maximum absolute atomic E-state index is 14.0. The summed E-state index contributed by atoms with van der Waals surface area (Å²) in [5, 5.41) is 6.68. The average molecular weight is 467 g/mol. The zero-order chi connectivity index (χ0) is 24.4. The molecule has 8 nitrogen and oxygen atoms in total. The van der Waals surface area contributed by atoms with Gasteiger partial charge in [-0.15, -0.1) is 0 Å². The zero-order valence-corrected chi connectivity index (χ0v) is 18.9. The molecule has 0 spiro atoms. The van der Waals surface area contributed by atoms with Crippen molar-refractivity contribution >= 4 is 23.5 Å². The van der Waals surface area contributed by atoms with Gasteiger partial charge in [0.1, 0.15) is 30.5 Å². The van der Waals surface area contributed by atoms with Gasteiger partial charge in [-0.05, 0) is 38.5 Å². The molecule has 1 atom stereocenters. The largest absolute Gasteiger partial charge is 0.463 e. The number of carbonyl (C=O) groups is 2. The summed E-state index contributed by atoms with van der Waals surface area (Å²) in [4.78, 5) is 31.6. The van der Waals surface area contributed by atoms with E-state index in [2.05, 4.69) is 15.4 Å². The minimum absolute atomic E-state index is 0.166. The molecule has 0 aliphatic carbocycles. The molecule has 1 aromatic heterocycles. The number of hydrogen-bond donors (Lipinski definition) is 1. The molecule has 0 radical (unpaired) electrons. The van der Waals surface area contributed by atoms with Crippen LogP contribution in [0.25, 0.3) is 0 Å². The van der Waals surface area contributed by atoms with Gasteiger partial charge in [0.15, 0.2) is 0 Å². The minimum atomic E-state index is -0.768. The number of hydrogen-bond acceptors (Lipinski definition) is 6. The first-order valence-corrected chi connectivity index (χ1v) is 10.7. The van der Waals surface area contributed by atoms with E-state index in [1.807, 2.05) is 31.2 Å². The van der Waals surface area contributed by atoms with E-state index < -0.39 is 29.6 Å². The third kappa shape index (κ3) is 4.39. The second-order valence-corrected chi connectivity index (χ2v) is 7.80. The lowest BCUT2D eigenvalue weighted by Gasteiger charge is -2.35. The quantitative estimate of drug-likeness (QED) is 0.556. The standard InChI is InChI=1S/C24H23F2N5O3/c1-4-34-23(33)21-15(3)30(12-20(32)29-19-11-17(25)9-10-18(19)26)24-27-13-28-31(24)22(21)16-7-5-14(2)6-8-16/h5-11,13,22H,4,12H2,1-3H3,(H,29,32)/t22-/m1/s1. The van der Waals surface area contributed by atoms with Crippen LogP contribution >= 0.6 is 0 Å². The molecule has 4 rings (SSSR count). The number of anilines is 2. The number of benzene rings is 2. The van der Waals surface area contributed by atoms with E-state index in [0.717, 1.165) is 29.3 Å². The van der Waals surface area contributed by atoms with E-state index >= 15 is 0 Å². The number of ether oxygens (including phenoxy) is 1. The molecule has 176 valence electrons. The number of carbonyl (C=O) groups excluding carboxylic acids is 2. The van der Waals surface area contributed by atoms with Gasteiger partial charge in [-0.2, -0.15) is 10.1 Å². The van der Waals surface area contributed by atoms with E-state index in [-0.39, 0.29) is 18.8 Å². The van der Waals surface area contributed by atoms with Crippen molar-refractivity contribution in [3.05, 3.63) is 82.8 Å². The molecular weight excluding hydrogens is 444 g/mol. The van der Waals surface area contributed by atoms with Gasteiger partial charge < -0.3 is 15.0 Å². The van der Waals surface area contributed by atoms with Crippen LogP contribution in [0.2, 0.25) is 0 Å². The van der Waals surface area contributed by atoms with Gasteiger partial charge in [0, 0.05) is 11.8 Å². The highest BCUT2D eigenvalue weighted by Crippen LogP contribution is 2.38. The Morgan fingerprint density at radius 2 is 1.85 bits per heavy atom. The van der Waals surface area contributed by atoms with Gasteiger partial charge in [0.05, 0.1) is 17.9 Å². The summed E-state index contributed by atoms with van der Waals surface area (Å²) < 4.78 is 34.4. The maximum atomic E-state index is 14.0. The number of nitrogens with zero attached hydrogens (tertiary/aromatic N) is 4. The predicted molar refractivity (Wildman–Crippen MR) is 121 cm³/mol. The number of halogens is 2. The molecule has 1 aliphatic rings. The lowest BCUT2D eigenvalue weighted by atomic mass is 9.94. The summed E-state index contributed by atoms with van der Waals surface area (Å²) in [6.07, 6.45) is 1.33. The zero-order valence-electron chi connectivity index (χ0n) is 18.9. The lowest BCUT2D eigenvalue weighted by molar-refractivity contribution is -0.139. The Morgan fingerprint density at radius 3 is 2.56 bits per heavy atom. The van der Waals surface area contributed by atoms with E-state index in [1.165, 1.54) is 11.2 Å². The first-order chi connectivity index (χ1) is 16.3. The summed E-state index contributed by atoms with van der Waals surface area (Å²) >= 11 is 0. The summed E-state index contributed by atoms with van der Waals surface area (Å²) in [7, 11) is 0. The van der Waals surface area contributed by atoms with Crippen LogP contribution in [0.4, 0.5) is 20.4 Å². The van der Waals surface area contributed by atoms with E-state index in [4.69, 9.17) is 4.74 Å². The van der Waals surface area contributed by atoms with Crippen LogP contribution in [0, 0.1) is 18.6 Å². The molecule has 1 amide bonds. The Balaban J connectivity index is 1.73. The van der Waals surface area contributed by atoms with Gasteiger partial charge in [-0.25, -0.2) is 18.3 Å². The monoisotopic (exact) mass is 467 g/mol. The second-order valence-electron chi connectivity index (χ2n) is 7.80. The van der Waals surface area contributed by atoms with Crippen molar-refractivity contribution in [3.63, 3.8) is 0 Å². The van der Waals surface area contributed by atoms with Crippen molar-refractivity contribution in [2.24, 2.45) is 0 Å². The first-order valence-electron chi connectivity index (χ1n) is 10.7. The number of esters is 1. The highest BCUT2D eigenvalue weighted by atomic mass is 19.1. The fourth-order valence-electron chi connectivity index (χ4n) is 3.88. The van der Waals surface area contributed by atoms with Crippen LogP contribution in [0.1, 0.15) is 31.0 Å². The van der Waals surface area contributed by atoms with Crippen molar-refractivity contribution in [2.75, 3.05) is 23.4 Å². The van der Waals surface area contributed by atoms with Crippen LogP contribution in [0.3, 0.4) is 0 Å². The highest BCUT2D eigenvalue weighted by molar-refractivity contribution is 5.96. The van der Waals surface area contributed by atoms with Gasteiger partial charge in [-0.3, -0.25) is 4.79 Å². The Kier molecular flexibility index (Phi) is 6.40. The summed E-state index contributed by atoms with van der Waals surface area (Å²) in [5.41, 5.74) is 2.31. The molecule has 1 aliphatic heterocycles. The molecule has 2 aromatic carbocycles. The van der Waals surface area contributed by atoms with Crippen molar-refractivity contribution in [2.45, 2.75) is 26.8 Å². The Hall–Kier alpha value is -4.08. The van der Waals surface area contributed by atoms with E-state index in [9.17, 15) is 18.4 Å². The normalized spacial score (nSPS) is 15.2. The fraction of sp³-hybridized carbons (Fsp3) is 0.250. The number of nitrogens with one attached hydrogen (secondary N) is 1. The molecule has 34 heavy (non-hydrogen) atoms. The molecule has 0 saturated heterocycles. The molecule has 10 heteroatoms. The molecule has 2 heterocycles. The molecular formula is C24H23F2N5O3. The van der Waals surface area contributed by atoms with Gasteiger partial charge in [0.2, 0.25) is 11.9 Å². The summed E-state index contributed by atoms with van der Waals surface area (Å²) in [6, 6.07) is 9.82. The van der Waals surface area contributed by atoms with E-state index in [1.54, 1.807) is 18.5 Å². The third-order valence-corrected chi connectivity index (χ3v) is 5.50. The molecule has 0 unspecified atom stereocenters. The maximum Gasteiger partial charge on any atom is 0.338 e. The number of amides is 1. The van der Waals surface area contributed by atoms with Crippen molar-refractivity contribution in [1.29, 1.82) is 0 Å². The fourth-order valence-corrected chi connectivity index (χ4v) is 3.88. The Morgan fingerprint density at radius 1 is 1.12 bits per heavy atom. The topological polar surface area (TPSA) is 89.3 Å². The van der Waals surface area contributed by atoms with Crippen LogP contribution in [0.15, 0.2) is 60.1 Å². The first kappa shape index (κ1) is 23.1. The molecule has 1 N–H and O–H groups in total. The van der Waals surface area contributed by atoms with Crippen molar-refractivity contribution in [1.82, 2.24) is 14.8 Å². The van der Waals surface area contributed by atoms with Crippen molar-refractivity contribution in [3.8, 4) is 0 Å². The third-order valence-electron chi connectivity index (χ3n) is 5.50. The summed E-state index contributed by atoms with van der Waals surface area (Å²) in [6.45, 7) is 5.20. The van der Waals surface area contributed by atoms with Crippen LogP contribution in [-0.2, 0) is 14.3 Å². The van der Waals surface area contributed by atoms with Crippen LogP contribution in [0.5, 0.6) is 0 Å². The van der Waals surface area contributed by atoms with Gasteiger partial charge in [0.25, 0.3) is 0 Å². The number of fused-ring (bicyclic) bond motifs is 1. The van der Waals surface area contributed by atoms with Crippen molar-refractivity contribution < 1.29 is 23.1 Å². The Bertz CT molecular complexity index is 1270. The smallest absolute Gasteiger partial charge is 0.338 e. The molecule has 0 bridgehead atoms. The summed E-state index contributed by atoms with van der Waals surface area (Å²) in [5.74, 6) is -2.30. The predicted octanol–water partition coefficient (Wildman–Crippen LogP) is 3.75. The van der Waals surface area contributed by atoms with Gasteiger partial charge >= 0.3 is 5.97 Å². The lowest BCUT2D eigenvalue weighted by Crippen LogP contribution is -2.41. The number of aromatic nitrogens is 3. The molecule has 0 saturated carbocycles. The SMILES string of the molecule is CCOC(=O)C1=C(C)N(CC(=O)Nc2cc(F)ccc2F)c2ncnn2[C@@H]1c1ccc(C)cc1. The number of aryl methyl sites for hydroxylation is 1. The molecule has 3 aromatic rings. The Labute approximate surface area is 194 Å². The average Bonchev–Trinajstić information content (AvgIpc) is 3.28. The number of allylic oxidation sites excluding steroid dienone is 1. The molecule has 0 fully saturated rings. The second kappa shape index (κ2) is 9.42. The van der Waals surface area contributed by atoms with Crippen LogP contribution in [-0.4, -0.2) is 39.8 Å². The van der Waals surface area contributed by atoms with Crippen LogP contribution < -0.4 is 10.2 Å². The van der Waals surface area contributed by atoms with E-state index in [0.29, 0.717) is 17.2 Å².